The number of hydrogen-bond acceptors (Lipinski definition) is 3. The van der Waals surface area contributed by atoms with Crippen LogP contribution in [-0.4, -0.2) is 37.1 Å². The zero-order chi connectivity index (χ0) is 13.1. The van der Waals surface area contributed by atoms with Crippen LogP contribution >= 0.6 is 0 Å². The third-order valence-electron chi connectivity index (χ3n) is 3.91. The van der Waals surface area contributed by atoms with Crippen LogP contribution in [0, 0.1) is 18.3 Å². The van der Waals surface area contributed by atoms with Gasteiger partial charge in [-0.05, 0) is 33.0 Å². The lowest BCUT2D eigenvalue weighted by Gasteiger charge is -2.44. The van der Waals surface area contributed by atoms with E-state index in [0.717, 1.165) is 13.1 Å². The van der Waals surface area contributed by atoms with Gasteiger partial charge in [-0.25, -0.2) is 0 Å². The molecule has 0 radical (unpaired) electrons. The SMILES string of the molecule is Cc1ccc(N2CC(C)N(C)C(CC#N)C2)cc1. The van der Waals surface area contributed by atoms with E-state index in [9.17, 15) is 0 Å². The molecule has 1 aliphatic heterocycles. The second-order valence-electron chi connectivity index (χ2n) is 5.27. The number of piperazine rings is 1. The topological polar surface area (TPSA) is 30.3 Å². The Bertz CT molecular complexity index is 432. The van der Waals surface area contributed by atoms with Crippen molar-refractivity contribution in [1.82, 2.24) is 4.90 Å². The highest BCUT2D eigenvalue weighted by Gasteiger charge is 2.29. The average Bonchev–Trinajstić information content (AvgIpc) is 2.36. The zero-order valence-corrected chi connectivity index (χ0v) is 11.4. The highest BCUT2D eigenvalue weighted by molar-refractivity contribution is 5.48. The Balaban J connectivity index is 2.15. The van der Waals surface area contributed by atoms with Crippen molar-refractivity contribution < 1.29 is 0 Å². The Labute approximate surface area is 110 Å². The monoisotopic (exact) mass is 243 g/mol. The lowest BCUT2D eigenvalue weighted by atomic mass is 10.0. The summed E-state index contributed by atoms with van der Waals surface area (Å²) in [5, 5.41) is 8.92. The zero-order valence-electron chi connectivity index (χ0n) is 11.4. The van der Waals surface area contributed by atoms with Gasteiger partial charge >= 0.3 is 0 Å². The number of aryl methyl sites for hydroxylation is 1. The second-order valence-corrected chi connectivity index (χ2v) is 5.27. The molecule has 0 bridgehead atoms. The maximum Gasteiger partial charge on any atom is 0.0638 e. The molecule has 2 rings (SSSR count). The van der Waals surface area contributed by atoms with Gasteiger partial charge in [0, 0.05) is 30.9 Å². The van der Waals surface area contributed by atoms with E-state index in [-0.39, 0.29) is 0 Å². The molecule has 1 saturated heterocycles. The molecule has 0 amide bonds. The molecule has 0 saturated carbocycles. The fourth-order valence-electron chi connectivity index (χ4n) is 2.55. The second kappa shape index (κ2) is 5.41. The van der Waals surface area contributed by atoms with Crippen LogP contribution in [0.25, 0.3) is 0 Å². The van der Waals surface area contributed by atoms with Gasteiger partial charge in [0.15, 0.2) is 0 Å². The van der Waals surface area contributed by atoms with E-state index < -0.39 is 0 Å². The highest BCUT2D eigenvalue weighted by atomic mass is 15.3. The van der Waals surface area contributed by atoms with E-state index in [0.29, 0.717) is 18.5 Å². The molecule has 96 valence electrons. The number of nitrogens with zero attached hydrogens (tertiary/aromatic N) is 3. The van der Waals surface area contributed by atoms with Crippen LogP contribution in [0.3, 0.4) is 0 Å². The first-order valence-corrected chi connectivity index (χ1v) is 6.52. The molecule has 2 atom stereocenters. The molecule has 0 aromatic heterocycles. The summed E-state index contributed by atoms with van der Waals surface area (Å²) in [5.74, 6) is 0. The predicted octanol–water partition coefficient (Wildman–Crippen LogP) is 2.42. The Hall–Kier alpha value is -1.53. The number of anilines is 1. The van der Waals surface area contributed by atoms with Gasteiger partial charge in [0.1, 0.15) is 0 Å². The van der Waals surface area contributed by atoms with Crippen LogP contribution < -0.4 is 4.90 Å². The molecule has 1 aliphatic rings. The van der Waals surface area contributed by atoms with E-state index in [4.69, 9.17) is 5.26 Å². The quantitative estimate of drug-likeness (QED) is 0.799. The first-order valence-electron chi connectivity index (χ1n) is 6.52. The van der Waals surface area contributed by atoms with Crippen molar-refractivity contribution in [1.29, 1.82) is 5.26 Å². The van der Waals surface area contributed by atoms with Crippen molar-refractivity contribution in [3.63, 3.8) is 0 Å². The maximum atomic E-state index is 8.92. The molecule has 0 aliphatic carbocycles. The molecule has 1 heterocycles. The van der Waals surface area contributed by atoms with Gasteiger partial charge in [0.05, 0.1) is 12.5 Å². The van der Waals surface area contributed by atoms with E-state index in [1.54, 1.807) is 0 Å². The summed E-state index contributed by atoms with van der Waals surface area (Å²) in [6, 6.07) is 11.8. The molecule has 1 aromatic rings. The van der Waals surface area contributed by atoms with E-state index in [1.165, 1.54) is 11.3 Å². The molecule has 0 spiro atoms. The summed E-state index contributed by atoms with van der Waals surface area (Å²) in [4.78, 5) is 4.72. The van der Waals surface area contributed by atoms with Gasteiger partial charge in [0.25, 0.3) is 0 Å². The van der Waals surface area contributed by atoms with E-state index in [1.807, 2.05) is 0 Å². The van der Waals surface area contributed by atoms with Crippen molar-refractivity contribution in [2.24, 2.45) is 0 Å². The maximum absolute atomic E-state index is 8.92. The molecule has 1 fully saturated rings. The number of nitriles is 1. The van der Waals surface area contributed by atoms with Crippen LogP contribution in [0.1, 0.15) is 18.9 Å². The lowest BCUT2D eigenvalue weighted by molar-refractivity contribution is 0.160. The summed E-state index contributed by atoms with van der Waals surface area (Å²) in [6.45, 7) is 6.30. The smallest absolute Gasteiger partial charge is 0.0638 e. The van der Waals surface area contributed by atoms with Gasteiger partial charge in [-0.3, -0.25) is 4.90 Å². The largest absolute Gasteiger partial charge is 0.368 e. The van der Waals surface area contributed by atoms with Crippen LogP contribution in [0.2, 0.25) is 0 Å². The summed E-state index contributed by atoms with van der Waals surface area (Å²) < 4.78 is 0. The minimum Gasteiger partial charge on any atom is -0.368 e. The average molecular weight is 243 g/mol. The van der Waals surface area contributed by atoms with Crippen LogP contribution in [0.15, 0.2) is 24.3 Å². The third kappa shape index (κ3) is 2.65. The molecule has 3 heteroatoms. The summed E-state index contributed by atoms with van der Waals surface area (Å²) in [5.41, 5.74) is 2.55. The molecule has 2 unspecified atom stereocenters. The summed E-state index contributed by atoms with van der Waals surface area (Å²) >= 11 is 0. The predicted molar refractivity (Wildman–Crippen MR) is 74.6 cm³/mol. The first-order chi connectivity index (χ1) is 8.61. The Morgan fingerprint density at radius 2 is 1.94 bits per heavy atom. The fourth-order valence-corrected chi connectivity index (χ4v) is 2.55. The van der Waals surface area contributed by atoms with Crippen LogP contribution in [-0.2, 0) is 0 Å². The normalized spacial score (nSPS) is 24.9. The summed E-state index contributed by atoms with van der Waals surface area (Å²) in [6.07, 6.45) is 0.600. The number of rotatable bonds is 2. The molecule has 18 heavy (non-hydrogen) atoms. The van der Waals surface area contributed by atoms with Crippen LogP contribution in [0.5, 0.6) is 0 Å². The van der Waals surface area contributed by atoms with E-state index >= 15 is 0 Å². The van der Waals surface area contributed by atoms with Gasteiger partial charge in [0.2, 0.25) is 0 Å². The molecule has 1 aromatic carbocycles. The minimum atomic E-state index is 0.333. The van der Waals surface area contributed by atoms with Crippen molar-refractivity contribution in [3.8, 4) is 6.07 Å². The number of hydrogen-bond donors (Lipinski definition) is 0. The Kier molecular flexibility index (Phi) is 3.88. The number of likely N-dealkylation sites (N-methyl/N-ethyl adjacent to an activating group) is 1. The van der Waals surface area contributed by atoms with Crippen molar-refractivity contribution >= 4 is 5.69 Å². The molecular formula is C15H21N3. The Morgan fingerprint density at radius 1 is 1.28 bits per heavy atom. The number of benzene rings is 1. The van der Waals surface area contributed by atoms with Crippen LogP contribution in [0.4, 0.5) is 5.69 Å². The first kappa shape index (κ1) is 12.9. The van der Waals surface area contributed by atoms with Crippen molar-refractivity contribution in [3.05, 3.63) is 29.8 Å². The van der Waals surface area contributed by atoms with Gasteiger partial charge in [-0.15, -0.1) is 0 Å². The van der Waals surface area contributed by atoms with E-state index in [2.05, 4.69) is 61.0 Å². The fraction of sp³-hybridized carbons (Fsp3) is 0.533. The minimum absolute atomic E-state index is 0.333. The van der Waals surface area contributed by atoms with Crippen molar-refractivity contribution in [2.75, 3.05) is 25.0 Å². The lowest BCUT2D eigenvalue weighted by Crippen LogP contribution is -2.56. The van der Waals surface area contributed by atoms with Gasteiger partial charge < -0.3 is 4.90 Å². The molecule has 0 N–H and O–H groups in total. The highest BCUT2D eigenvalue weighted by Crippen LogP contribution is 2.23. The third-order valence-corrected chi connectivity index (χ3v) is 3.91. The van der Waals surface area contributed by atoms with Crippen molar-refractivity contribution in [2.45, 2.75) is 32.4 Å². The molecule has 3 nitrogen and oxygen atoms in total. The standard InChI is InChI=1S/C15H21N3/c1-12-4-6-14(7-5-12)18-10-13(2)17(3)15(11-18)8-9-16/h4-7,13,15H,8,10-11H2,1-3H3. The van der Waals surface area contributed by atoms with Gasteiger partial charge in [-0.1, -0.05) is 17.7 Å². The molecular weight excluding hydrogens is 222 g/mol. The summed E-state index contributed by atoms with van der Waals surface area (Å²) in [7, 11) is 2.12. The van der Waals surface area contributed by atoms with Gasteiger partial charge in [-0.2, -0.15) is 5.26 Å². The Morgan fingerprint density at radius 3 is 2.56 bits per heavy atom.